The summed E-state index contributed by atoms with van der Waals surface area (Å²) in [6.45, 7) is 0.913. The maximum Gasteiger partial charge on any atom is 0.308 e. The van der Waals surface area contributed by atoms with Crippen LogP contribution in [0.3, 0.4) is 0 Å². The lowest BCUT2D eigenvalue weighted by Crippen LogP contribution is -2.23. The fraction of sp³-hybridized carbons (Fsp3) is 0.308. The van der Waals surface area contributed by atoms with Crippen molar-refractivity contribution < 1.29 is 14.8 Å². The molecule has 8 nitrogen and oxygen atoms in total. The zero-order valence-corrected chi connectivity index (χ0v) is 11.0. The maximum atomic E-state index is 11.0. The molecule has 2 aromatic rings. The molecule has 1 saturated heterocycles. The number of nitro groups is 1. The number of carboxylic acids is 1. The van der Waals surface area contributed by atoms with Gasteiger partial charge in [0.15, 0.2) is 0 Å². The number of hydrogen-bond acceptors (Lipinski definition) is 6. The SMILES string of the molecule is O=C(O)C1CCN(c2ncnc3ccc([N+](=O)[O-])cc23)C1. The first-order valence-electron chi connectivity index (χ1n) is 6.43. The summed E-state index contributed by atoms with van der Waals surface area (Å²) in [7, 11) is 0. The van der Waals surface area contributed by atoms with Gasteiger partial charge < -0.3 is 10.0 Å². The molecule has 108 valence electrons. The number of anilines is 1. The van der Waals surface area contributed by atoms with E-state index in [4.69, 9.17) is 5.11 Å². The standard InChI is InChI=1S/C13H12N4O4/c18-13(19)8-3-4-16(6-8)12-10-5-9(17(20)21)1-2-11(10)14-7-15-12/h1-2,5,7-8H,3-4,6H2,(H,18,19). The van der Waals surface area contributed by atoms with Gasteiger partial charge in [0.25, 0.3) is 5.69 Å². The van der Waals surface area contributed by atoms with Crippen LogP contribution in [-0.4, -0.2) is 39.1 Å². The molecular formula is C13H12N4O4. The molecule has 2 heterocycles. The van der Waals surface area contributed by atoms with Crippen LogP contribution in [0.15, 0.2) is 24.5 Å². The molecule has 0 aliphatic carbocycles. The lowest BCUT2D eigenvalue weighted by Gasteiger charge is -2.18. The van der Waals surface area contributed by atoms with Crippen LogP contribution in [0.25, 0.3) is 10.9 Å². The van der Waals surface area contributed by atoms with E-state index in [9.17, 15) is 14.9 Å². The molecule has 8 heteroatoms. The number of aliphatic carboxylic acids is 1. The van der Waals surface area contributed by atoms with Crippen LogP contribution in [-0.2, 0) is 4.79 Å². The van der Waals surface area contributed by atoms with Crippen LogP contribution in [0.5, 0.6) is 0 Å². The molecule has 0 spiro atoms. The lowest BCUT2D eigenvalue weighted by molar-refractivity contribution is -0.384. The van der Waals surface area contributed by atoms with Gasteiger partial charge in [0.05, 0.1) is 16.4 Å². The number of aromatic nitrogens is 2. The summed E-state index contributed by atoms with van der Waals surface area (Å²) in [5.74, 6) is -0.719. The van der Waals surface area contributed by atoms with Crippen molar-refractivity contribution in [2.45, 2.75) is 6.42 Å². The average molecular weight is 288 g/mol. The van der Waals surface area contributed by atoms with E-state index in [1.54, 1.807) is 6.07 Å². The van der Waals surface area contributed by atoms with Crippen LogP contribution >= 0.6 is 0 Å². The Morgan fingerprint density at radius 3 is 2.90 bits per heavy atom. The highest BCUT2D eigenvalue weighted by molar-refractivity contribution is 5.91. The maximum absolute atomic E-state index is 11.0. The molecule has 1 fully saturated rings. The van der Waals surface area contributed by atoms with Gasteiger partial charge in [-0.1, -0.05) is 0 Å². The third-order valence-corrected chi connectivity index (χ3v) is 3.65. The lowest BCUT2D eigenvalue weighted by atomic mass is 10.1. The van der Waals surface area contributed by atoms with Crippen LogP contribution < -0.4 is 4.90 Å². The van der Waals surface area contributed by atoms with Gasteiger partial charge in [-0.2, -0.15) is 0 Å². The highest BCUT2D eigenvalue weighted by Gasteiger charge is 2.29. The number of benzene rings is 1. The second-order valence-corrected chi connectivity index (χ2v) is 4.93. The normalized spacial score (nSPS) is 18.1. The van der Waals surface area contributed by atoms with Gasteiger partial charge in [0, 0.05) is 30.6 Å². The first-order chi connectivity index (χ1) is 10.1. The molecule has 1 aliphatic rings. The van der Waals surface area contributed by atoms with Gasteiger partial charge in [0.1, 0.15) is 12.1 Å². The summed E-state index contributed by atoms with van der Waals surface area (Å²) in [6, 6.07) is 4.39. The summed E-state index contributed by atoms with van der Waals surface area (Å²) in [6.07, 6.45) is 1.92. The summed E-state index contributed by atoms with van der Waals surface area (Å²) < 4.78 is 0. The molecule has 0 radical (unpaired) electrons. The first kappa shape index (κ1) is 13.2. The smallest absolute Gasteiger partial charge is 0.308 e. The number of fused-ring (bicyclic) bond motifs is 1. The minimum atomic E-state index is -0.832. The number of carbonyl (C=O) groups is 1. The topological polar surface area (TPSA) is 109 Å². The summed E-state index contributed by atoms with van der Waals surface area (Å²) in [5, 5.41) is 20.5. The number of rotatable bonds is 3. The largest absolute Gasteiger partial charge is 0.481 e. The number of nitro benzene ring substituents is 1. The van der Waals surface area contributed by atoms with Gasteiger partial charge >= 0.3 is 5.97 Å². The summed E-state index contributed by atoms with van der Waals surface area (Å²) in [5.41, 5.74) is 0.567. The minimum Gasteiger partial charge on any atom is -0.481 e. The second-order valence-electron chi connectivity index (χ2n) is 4.93. The van der Waals surface area contributed by atoms with Crippen molar-refractivity contribution in [3.05, 3.63) is 34.6 Å². The van der Waals surface area contributed by atoms with E-state index in [2.05, 4.69) is 9.97 Å². The van der Waals surface area contributed by atoms with E-state index in [1.165, 1.54) is 18.5 Å². The van der Waals surface area contributed by atoms with Crippen molar-refractivity contribution in [2.75, 3.05) is 18.0 Å². The molecule has 1 N–H and O–H groups in total. The van der Waals surface area contributed by atoms with Crippen LogP contribution in [0.4, 0.5) is 11.5 Å². The van der Waals surface area contributed by atoms with E-state index in [0.717, 1.165) is 0 Å². The molecule has 0 bridgehead atoms. The zero-order valence-electron chi connectivity index (χ0n) is 11.0. The van der Waals surface area contributed by atoms with Crippen molar-refractivity contribution >= 4 is 28.4 Å². The van der Waals surface area contributed by atoms with Crippen molar-refractivity contribution in [2.24, 2.45) is 5.92 Å². The molecule has 3 rings (SSSR count). The Bertz CT molecular complexity index is 733. The minimum absolute atomic E-state index is 0.0347. The first-order valence-corrected chi connectivity index (χ1v) is 6.43. The van der Waals surface area contributed by atoms with Crippen molar-refractivity contribution in [1.29, 1.82) is 0 Å². The van der Waals surface area contributed by atoms with Crippen molar-refractivity contribution in [1.82, 2.24) is 9.97 Å². The Morgan fingerprint density at radius 1 is 1.43 bits per heavy atom. The Kier molecular flexibility index (Phi) is 3.13. The second kappa shape index (κ2) is 4.97. The molecule has 1 unspecified atom stereocenters. The summed E-state index contributed by atoms with van der Waals surface area (Å²) >= 11 is 0. The highest BCUT2D eigenvalue weighted by Crippen LogP contribution is 2.30. The third kappa shape index (κ3) is 2.35. The Balaban J connectivity index is 2.04. The van der Waals surface area contributed by atoms with Gasteiger partial charge in [-0.25, -0.2) is 9.97 Å². The fourth-order valence-corrected chi connectivity index (χ4v) is 2.55. The molecule has 0 saturated carbocycles. The Labute approximate surface area is 119 Å². The third-order valence-electron chi connectivity index (χ3n) is 3.65. The van der Waals surface area contributed by atoms with Crippen LogP contribution in [0, 0.1) is 16.0 Å². The van der Waals surface area contributed by atoms with Crippen molar-refractivity contribution in [3.8, 4) is 0 Å². The number of hydrogen-bond donors (Lipinski definition) is 1. The van der Waals surface area contributed by atoms with E-state index in [0.29, 0.717) is 36.2 Å². The van der Waals surface area contributed by atoms with Gasteiger partial charge in [-0.3, -0.25) is 14.9 Å². The van der Waals surface area contributed by atoms with Crippen molar-refractivity contribution in [3.63, 3.8) is 0 Å². The monoisotopic (exact) mass is 288 g/mol. The molecule has 1 aliphatic heterocycles. The molecular weight excluding hydrogens is 276 g/mol. The number of carboxylic acid groups (broad SMARTS) is 1. The molecule has 1 atom stereocenters. The van der Waals surface area contributed by atoms with Crippen LogP contribution in [0.2, 0.25) is 0 Å². The molecule has 0 amide bonds. The number of non-ortho nitro benzene ring substituents is 1. The predicted octanol–water partition coefficient (Wildman–Crippen LogP) is 1.45. The van der Waals surface area contributed by atoms with E-state index in [1.807, 2.05) is 4.90 Å². The van der Waals surface area contributed by atoms with Gasteiger partial charge in [0.2, 0.25) is 0 Å². The average Bonchev–Trinajstić information content (AvgIpc) is 2.95. The molecule has 1 aromatic carbocycles. The molecule has 1 aromatic heterocycles. The van der Waals surface area contributed by atoms with Crippen LogP contribution in [0.1, 0.15) is 6.42 Å². The van der Waals surface area contributed by atoms with Gasteiger partial charge in [-0.15, -0.1) is 0 Å². The Hall–Kier alpha value is -2.77. The van der Waals surface area contributed by atoms with E-state index >= 15 is 0 Å². The molecule has 21 heavy (non-hydrogen) atoms. The van der Waals surface area contributed by atoms with Gasteiger partial charge in [-0.05, 0) is 12.5 Å². The predicted molar refractivity (Wildman–Crippen MR) is 74.1 cm³/mol. The van der Waals surface area contributed by atoms with E-state index in [-0.39, 0.29) is 5.69 Å². The fourth-order valence-electron chi connectivity index (χ4n) is 2.55. The van der Waals surface area contributed by atoms with E-state index < -0.39 is 16.8 Å². The Morgan fingerprint density at radius 2 is 2.24 bits per heavy atom. The highest BCUT2D eigenvalue weighted by atomic mass is 16.6. The summed E-state index contributed by atoms with van der Waals surface area (Å²) in [4.78, 5) is 31.6. The zero-order chi connectivity index (χ0) is 15.0. The number of nitrogens with zero attached hydrogens (tertiary/aromatic N) is 4. The quantitative estimate of drug-likeness (QED) is 0.672.